The summed E-state index contributed by atoms with van der Waals surface area (Å²) in [6.07, 6.45) is 0. The van der Waals surface area contributed by atoms with Crippen LogP contribution in [0.4, 0.5) is 5.69 Å². The highest BCUT2D eigenvalue weighted by atomic mass is 35.5. The molecule has 1 aromatic heterocycles. The van der Waals surface area contributed by atoms with E-state index in [1.807, 2.05) is 6.92 Å². The maximum absolute atomic E-state index is 5.93. The molecule has 0 bridgehead atoms. The standard InChI is InChI=1S/C9H8ClN3OS/c1-5-12-13-9(15-5)14-8-4-6(11)2-3-7(8)10/h2-4H,11H2,1H3. The van der Waals surface area contributed by atoms with Crippen molar-refractivity contribution in [1.82, 2.24) is 10.2 Å². The van der Waals surface area contributed by atoms with E-state index in [-0.39, 0.29) is 0 Å². The second-order valence-electron chi connectivity index (χ2n) is 2.88. The Morgan fingerprint density at radius 3 is 2.87 bits per heavy atom. The fraction of sp³-hybridized carbons (Fsp3) is 0.111. The number of nitrogen functional groups attached to an aromatic ring is 1. The van der Waals surface area contributed by atoms with E-state index in [0.29, 0.717) is 21.7 Å². The molecule has 0 fully saturated rings. The largest absolute Gasteiger partial charge is 0.428 e. The summed E-state index contributed by atoms with van der Waals surface area (Å²) in [4.78, 5) is 0. The van der Waals surface area contributed by atoms with Crippen LogP contribution in [-0.2, 0) is 0 Å². The number of anilines is 1. The molecular weight excluding hydrogens is 234 g/mol. The van der Waals surface area contributed by atoms with Crippen molar-refractivity contribution in [3.63, 3.8) is 0 Å². The molecule has 2 N–H and O–H groups in total. The quantitative estimate of drug-likeness (QED) is 0.822. The third-order valence-electron chi connectivity index (χ3n) is 1.66. The van der Waals surface area contributed by atoms with Gasteiger partial charge in [0, 0.05) is 11.8 Å². The van der Waals surface area contributed by atoms with Gasteiger partial charge in [-0.05, 0) is 19.1 Å². The number of aromatic nitrogens is 2. The number of rotatable bonds is 2. The number of hydrogen-bond donors (Lipinski definition) is 1. The van der Waals surface area contributed by atoms with Crippen LogP contribution in [0.2, 0.25) is 5.02 Å². The van der Waals surface area contributed by atoms with Crippen LogP contribution in [0.3, 0.4) is 0 Å². The Labute approximate surface area is 95.7 Å². The third-order valence-corrected chi connectivity index (χ3v) is 2.69. The van der Waals surface area contributed by atoms with Gasteiger partial charge in [-0.15, -0.1) is 5.10 Å². The first kappa shape index (κ1) is 10.2. The second kappa shape index (κ2) is 4.04. The molecule has 4 nitrogen and oxygen atoms in total. The summed E-state index contributed by atoms with van der Waals surface area (Å²) in [5.41, 5.74) is 6.21. The Bertz CT molecular complexity index is 486. The molecule has 0 atom stereocenters. The number of aryl methyl sites for hydroxylation is 1. The van der Waals surface area contributed by atoms with Crippen LogP contribution in [0.1, 0.15) is 5.01 Å². The Morgan fingerprint density at radius 2 is 2.20 bits per heavy atom. The van der Waals surface area contributed by atoms with Crippen molar-refractivity contribution < 1.29 is 4.74 Å². The van der Waals surface area contributed by atoms with Crippen LogP contribution in [0.5, 0.6) is 10.9 Å². The number of nitrogens with zero attached hydrogens (tertiary/aromatic N) is 2. The Morgan fingerprint density at radius 1 is 1.40 bits per heavy atom. The van der Waals surface area contributed by atoms with Gasteiger partial charge in [0.05, 0.1) is 5.02 Å². The highest BCUT2D eigenvalue weighted by Gasteiger charge is 2.07. The molecular formula is C9H8ClN3OS. The third kappa shape index (κ3) is 2.37. The Kier molecular flexibility index (Phi) is 2.75. The first-order chi connectivity index (χ1) is 7.15. The number of benzene rings is 1. The molecule has 0 saturated carbocycles. The minimum atomic E-state index is 0.458. The van der Waals surface area contributed by atoms with Crippen LogP contribution in [0.25, 0.3) is 0 Å². The molecule has 2 aromatic rings. The van der Waals surface area contributed by atoms with Crippen molar-refractivity contribution in [2.24, 2.45) is 0 Å². The molecule has 0 aliphatic rings. The van der Waals surface area contributed by atoms with Gasteiger partial charge in [-0.1, -0.05) is 28.0 Å². The summed E-state index contributed by atoms with van der Waals surface area (Å²) < 4.78 is 5.44. The van der Waals surface area contributed by atoms with Crippen molar-refractivity contribution in [3.8, 4) is 10.9 Å². The topological polar surface area (TPSA) is 61.0 Å². The lowest BCUT2D eigenvalue weighted by atomic mass is 10.3. The SMILES string of the molecule is Cc1nnc(Oc2cc(N)ccc2Cl)s1. The molecule has 2 rings (SSSR count). The minimum Gasteiger partial charge on any atom is -0.428 e. The molecule has 0 saturated heterocycles. The van der Waals surface area contributed by atoms with Gasteiger partial charge in [-0.2, -0.15) is 0 Å². The fourth-order valence-corrected chi connectivity index (χ4v) is 1.72. The van der Waals surface area contributed by atoms with E-state index in [1.54, 1.807) is 18.2 Å². The van der Waals surface area contributed by atoms with Crippen LogP contribution in [-0.4, -0.2) is 10.2 Å². The molecule has 0 aliphatic carbocycles. The van der Waals surface area contributed by atoms with Crippen LogP contribution < -0.4 is 10.5 Å². The predicted molar refractivity (Wildman–Crippen MR) is 60.6 cm³/mol. The van der Waals surface area contributed by atoms with Gasteiger partial charge < -0.3 is 10.5 Å². The number of nitrogens with two attached hydrogens (primary N) is 1. The Balaban J connectivity index is 2.27. The summed E-state index contributed by atoms with van der Waals surface area (Å²) in [6.45, 7) is 1.85. The molecule has 6 heteroatoms. The average Bonchev–Trinajstić information content (AvgIpc) is 2.58. The molecule has 78 valence electrons. The van der Waals surface area contributed by atoms with E-state index in [1.165, 1.54) is 11.3 Å². The van der Waals surface area contributed by atoms with Gasteiger partial charge in [0.2, 0.25) is 0 Å². The molecule has 0 aliphatic heterocycles. The van der Waals surface area contributed by atoms with E-state index in [0.717, 1.165) is 5.01 Å². The maximum Gasteiger partial charge on any atom is 0.299 e. The van der Waals surface area contributed by atoms with E-state index in [9.17, 15) is 0 Å². The zero-order valence-corrected chi connectivity index (χ0v) is 9.47. The van der Waals surface area contributed by atoms with Crippen LogP contribution in [0.15, 0.2) is 18.2 Å². The summed E-state index contributed by atoms with van der Waals surface area (Å²) in [5.74, 6) is 0.493. The summed E-state index contributed by atoms with van der Waals surface area (Å²) in [5, 5.41) is 9.46. The maximum atomic E-state index is 5.93. The first-order valence-corrected chi connectivity index (χ1v) is 5.37. The smallest absolute Gasteiger partial charge is 0.299 e. The first-order valence-electron chi connectivity index (χ1n) is 4.18. The summed E-state index contributed by atoms with van der Waals surface area (Å²) in [6, 6.07) is 5.04. The molecule has 1 heterocycles. The monoisotopic (exact) mass is 241 g/mol. The van der Waals surface area contributed by atoms with Crippen molar-refractivity contribution in [1.29, 1.82) is 0 Å². The van der Waals surface area contributed by atoms with E-state index >= 15 is 0 Å². The number of hydrogen-bond acceptors (Lipinski definition) is 5. The summed E-state index contributed by atoms with van der Waals surface area (Å²) in [7, 11) is 0. The molecule has 15 heavy (non-hydrogen) atoms. The predicted octanol–water partition coefficient (Wildman–Crippen LogP) is 2.87. The lowest BCUT2D eigenvalue weighted by molar-refractivity contribution is 0.473. The van der Waals surface area contributed by atoms with Gasteiger partial charge in [-0.25, -0.2) is 0 Å². The van der Waals surface area contributed by atoms with E-state index in [4.69, 9.17) is 22.1 Å². The van der Waals surface area contributed by atoms with Crippen molar-refractivity contribution >= 4 is 28.6 Å². The highest BCUT2D eigenvalue weighted by molar-refractivity contribution is 7.13. The molecule has 0 spiro atoms. The zero-order valence-electron chi connectivity index (χ0n) is 7.90. The fourth-order valence-electron chi connectivity index (χ4n) is 1.01. The molecule has 1 aromatic carbocycles. The lowest BCUT2D eigenvalue weighted by Crippen LogP contribution is -1.88. The second-order valence-corrected chi connectivity index (χ2v) is 4.43. The van der Waals surface area contributed by atoms with Gasteiger partial charge >= 0.3 is 0 Å². The van der Waals surface area contributed by atoms with Gasteiger partial charge in [0.1, 0.15) is 5.01 Å². The molecule has 0 radical (unpaired) electrons. The van der Waals surface area contributed by atoms with Gasteiger partial charge in [-0.3, -0.25) is 0 Å². The van der Waals surface area contributed by atoms with Crippen molar-refractivity contribution in [2.75, 3.05) is 5.73 Å². The average molecular weight is 242 g/mol. The lowest BCUT2D eigenvalue weighted by Gasteiger charge is -2.03. The summed E-state index contributed by atoms with van der Waals surface area (Å²) >= 11 is 7.28. The zero-order chi connectivity index (χ0) is 10.8. The number of halogens is 1. The Hall–Kier alpha value is -1.33. The van der Waals surface area contributed by atoms with Crippen molar-refractivity contribution in [2.45, 2.75) is 6.92 Å². The van der Waals surface area contributed by atoms with Gasteiger partial charge in [0.15, 0.2) is 5.75 Å². The highest BCUT2D eigenvalue weighted by Crippen LogP contribution is 2.32. The van der Waals surface area contributed by atoms with E-state index < -0.39 is 0 Å². The van der Waals surface area contributed by atoms with Crippen LogP contribution >= 0.6 is 22.9 Å². The van der Waals surface area contributed by atoms with Gasteiger partial charge in [0.25, 0.3) is 5.19 Å². The molecule has 0 amide bonds. The molecule has 0 unspecified atom stereocenters. The normalized spacial score (nSPS) is 10.3. The van der Waals surface area contributed by atoms with Crippen LogP contribution in [0, 0.1) is 6.92 Å². The number of ether oxygens (including phenoxy) is 1. The minimum absolute atomic E-state index is 0.458. The van der Waals surface area contributed by atoms with Crippen molar-refractivity contribution in [3.05, 3.63) is 28.2 Å². The van der Waals surface area contributed by atoms with E-state index in [2.05, 4.69) is 10.2 Å².